The summed E-state index contributed by atoms with van der Waals surface area (Å²) in [7, 11) is 1.36. The van der Waals surface area contributed by atoms with E-state index in [1.54, 1.807) is 9.80 Å². The Morgan fingerprint density at radius 1 is 1.20 bits per heavy atom. The van der Waals surface area contributed by atoms with Gasteiger partial charge in [0.25, 0.3) is 0 Å². The number of anilines is 1. The summed E-state index contributed by atoms with van der Waals surface area (Å²) in [5, 5.41) is 2.83. The van der Waals surface area contributed by atoms with Crippen molar-refractivity contribution in [1.82, 2.24) is 9.80 Å². The van der Waals surface area contributed by atoms with Gasteiger partial charge in [-0.05, 0) is 18.2 Å². The third-order valence-corrected chi connectivity index (χ3v) is 3.57. The summed E-state index contributed by atoms with van der Waals surface area (Å²) in [4.78, 5) is 26.7. The Kier molecular flexibility index (Phi) is 4.84. The van der Waals surface area contributed by atoms with E-state index in [-0.39, 0.29) is 12.1 Å². The Labute approximate surface area is 125 Å². The number of nitrogens with one attached hydrogen (secondary N) is 1. The van der Waals surface area contributed by atoms with Crippen molar-refractivity contribution in [3.8, 4) is 0 Å². The van der Waals surface area contributed by atoms with Crippen LogP contribution in [0.4, 0.5) is 15.3 Å². The lowest BCUT2D eigenvalue weighted by atomic mass is 10.3. The molecule has 0 atom stereocenters. The number of methoxy groups -OCH3 is 1. The van der Waals surface area contributed by atoms with Crippen LogP contribution >= 0.6 is 15.9 Å². The van der Waals surface area contributed by atoms with Gasteiger partial charge in [0.2, 0.25) is 0 Å². The second-order valence-corrected chi connectivity index (χ2v) is 5.30. The predicted octanol–water partition coefficient (Wildman–Crippen LogP) is 2.37. The topological polar surface area (TPSA) is 61.9 Å². The summed E-state index contributed by atoms with van der Waals surface area (Å²) < 4.78 is 5.57. The lowest BCUT2D eigenvalue weighted by Gasteiger charge is -2.33. The highest BCUT2D eigenvalue weighted by atomic mass is 79.9. The molecule has 108 valence electrons. The number of ether oxygens (including phenoxy) is 1. The van der Waals surface area contributed by atoms with Crippen molar-refractivity contribution in [2.45, 2.75) is 0 Å². The van der Waals surface area contributed by atoms with Gasteiger partial charge < -0.3 is 19.9 Å². The van der Waals surface area contributed by atoms with Crippen molar-refractivity contribution in [1.29, 1.82) is 0 Å². The first-order valence-corrected chi connectivity index (χ1v) is 7.04. The summed E-state index contributed by atoms with van der Waals surface area (Å²) >= 11 is 3.36. The minimum absolute atomic E-state index is 0.160. The average molecular weight is 342 g/mol. The van der Waals surface area contributed by atoms with Crippen LogP contribution in [0.15, 0.2) is 28.7 Å². The van der Waals surface area contributed by atoms with Gasteiger partial charge in [-0.1, -0.05) is 22.0 Å². The van der Waals surface area contributed by atoms with Gasteiger partial charge in [-0.3, -0.25) is 0 Å². The summed E-state index contributed by atoms with van der Waals surface area (Å²) in [6, 6.07) is 7.25. The van der Waals surface area contributed by atoms with E-state index >= 15 is 0 Å². The number of rotatable bonds is 1. The molecule has 0 radical (unpaired) electrons. The highest BCUT2D eigenvalue weighted by molar-refractivity contribution is 9.10. The monoisotopic (exact) mass is 341 g/mol. The van der Waals surface area contributed by atoms with Gasteiger partial charge in [0.05, 0.1) is 7.11 Å². The molecule has 0 aromatic heterocycles. The molecule has 0 bridgehead atoms. The maximum absolute atomic E-state index is 12.1. The molecule has 1 aromatic rings. The maximum atomic E-state index is 12.1. The average Bonchev–Trinajstić information content (AvgIpc) is 2.46. The van der Waals surface area contributed by atoms with Crippen molar-refractivity contribution >= 4 is 33.7 Å². The van der Waals surface area contributed by atoms with Gasteiger partial charge in [-0.15, -0.1) is 0 Å². The van der Waals surface area contributed by atoms with Crippen molar-refractivity contribution in [3.05, 3.63) is 28.7 Å². The largest absolute Gasteiger partial charge is 0.453 e. The summed E-state index contributed by atoms with van der Waals surface area (Å²) in [5.41, 5.74) is 0.736. The van der Waals surface area contributed by atoms with Crippen LogP contribution in [0.2, 0.25) is 0 Å². The zero-order valence-electron chi connectivity index (χ0n) is 11.1. The predicted molar refractivity (Wildman–Crippen MR) is 78.7 cm³/mol. The molecule has 0 saturated carbocycles. The molecule has 3 amide bonds. The van der Waals surface area contributed by atoms with Crippen LogP contribution in [0.25, 0.3) is 0 Å². The fourth-order valence-electron chi connectivity index (χ4n) is 1.99. The van der Waals surface area contributed by atoms with Crippen LogP contribution in [0.5, 0.6) is 0 Å². The van der Waals surface area contributed by atoms with E-state index in [0.29, 0.717) is 26.2 Å². The van der Waals surface area contributed by atoms with Crippen LogP contribution in [-0.2, 0) is 4.74 Å². The summed E-state index contributed by atoms with van der Waals surface area (Å²) in [6.45, 7) is 1.96. The van der Waals surface area contributed by atoms with Gasteiger partial charge in [0, 0.05) is 36.3 Å². The van der Waals surface area contributed by atoms with E-state index in [0.717, 1.165) is 10.2 Å². The summed E-state index contributed by atoms with van der Waals surface area (Å²) in [5.74, 6) is 0. The minimum Gasteiger partial charge on any atom is -0.453 e. The van der Waals surface area contributed by atoms with E-state index in [2.05, 4.69) is 26.0 Å². The first-order chi connectivity index (χ1) is 9.60. The number of nitrogens with zero attached hydrogens (tertiary/aromatic N) is 2. The highest BCUT2D eigenvalue weighted by Crippen LogP contribution is 2.16. The number of hydrogen-bond donors (Lipinski definition) is 1. The minimum atomic E-state index is -0.350. The number of urea groups is 1. The van der Waals surface area contributed by atoms with Crippen molar-refractivity contribution < 1.29 is 14.3 Å². The Balaban J connectivity index is 1.87. The molecule has 1 N–H and O–H groups in total. The molecule has 0 aliphatic carbocycles. The molecule has 20 heavy (non-hydrogen) atoms. The molecule has 1 saturated heterocycles. The molecule has 1 aliphatic rings. The molecule has 1 aromatic carbocycles. The van der Waals surface area contributed by atoms with Gasteiger partial charge in [-0.2, -0.15) is 0 Å². The zero-order valence-corrected chi connectivity index (χ0v) is 12.7. The lowest BCUT2D eigenvalue weighted by Crippen LogP contribution is -2.51. The standard InChI is InChI=1S/C13H16BrN3O3/c1-20-13(19)17-7-5-16(6-8-17)12(18)15-11-4-2-3-10(14)9-11/h2-4,9H,5-8H2,1H3,(H,15,18). The first-order valence-electron chi connectivity index (χ1n) is 6.24. The van der Waals surface area contributed by atoms with Crippen LogP contribution in [0, 0.1) is 0 Å². The Bertz CT molecular complexity index is 501. The SMILES string of the molecule is COC(=O)N1CCN(C(=O)Nc2cccc(Br)c2)CC1. The molecule has 0 unspecified atom stereocenters. The van der Waals surface area contributed by atoms with Crippen LogP contribution in [-0.4, -0.2) is 55.2 Å². The smallest absolute Gasteiger partial charge is 0.409 e. The van der Waals surface area contributed by atoms with E-state index in [4.69, 9.17) is 0 Å². The number of benzene rings is 1. The van der Waals surface area contributed by atoms with Crippen molar-refractivity contribution in [3.63, 3.8) is 0 Å². The van der Waals surface area contributed by atoms with E-state index < -0.39 is 0 Å². The van der Waals surface area contributed by atoms with Gasteiger partial charge in [-0.25, -0.2) is 9.59 Å². The Hall–Kier alpha value is -1.76. The van der Waals surface area contributed by atoms with Crippen LogP contribution < -0.4 is 5.32 Å². The molecule has 6 nitrogen and oxygen atoms in total. The van der Waals surface area contributed by atoms with Gasteiger partial charge in [0.15, 0.2) is 0 Å². The Morgan fingerprint density at radius 2 is 1.85 bits per heavy atom. The maximum Gasteiger partial charge on any atom is 0.409 e. The highest BCUT2D eigenvalue weighted by Gasteiger charge is 2.24. The molecule has 2 rings (SSSR count). The van der Waals surface area contributed by atoms with Gasteiger partial charge in [0.1, 0.15) is 0 Å². The number of halogens is 1. The number of hydrogen-bond acceptors (Lipinski definition) is 3. The second kappa shape index (κ2) is 6.60. The number of carbonyl (C=O) groups is 2. The molecular formula is C13H16BrN3O3. The normalized spacial score (nSPS) is 14.9. The first kappa shape index (κ1) is 14.6. The van der Waals surface area contributed by atoms with Crippen LogP contribution in [0.3, 0.4) is 0 Å². The third-order valence-electron chi connectivity index (χ3n) is 3.08. The zero-order chi connectivity index (χ0) is 14.5. The van der Waals surface area contributed by atoms with E-state index in [9.17, 15) is 9.59 Å². The third kappa shape index (κ3) is 3.63. The molecule has 0 spiro atoms. The van der Waals surface area contributed by atoms with E-state index in [1.807, 2.05) is 24.3 Å². The summed E-state index contributed by atoms with van der Waals surface area (Å²) in [6.07, 6.45) is -0.350. The number of amides is 3. The fourth-order valence-corrected chi connectivity index (χ4v) is 2.39. The quantitative estimate of drug-likeness (QED) is 0.852. The molecule has 1 aliphatic heterocycles. The molecular weight excluding hydrogens is 326 g/mol. The molecule has 1 heterocycles. The van der Waals surface area contributed by atoms with Crippen molar-refractivity contribution in [2.24, 2.45) is 0 Å². The lowest BCUT2D eigenvalue weighted by molar-refractivity contribution is 0.0993. The van der Waals surface area contributed by atoms with E-state index in [1.165, 1.54) is 7.11 Å². The van der Waals surface area contributed by atoms with Crippen LogP contribution in [0.1, 0.15) is 0 Å². The number of piperazine rings is 1. The second-order valence-electron chi connectivity index (χ2n) is 4.38. The van der Waals surface area contributed by atoms with Crippen molar-refractivity contribution in [2.75, 3.05) is 38.6 Å². The molecule has 7 heteroatoms. The van der Waals surface area contributed by atoms with Gasteiger partial charge >= 0.3 is 12.1 Å². The Morgan fingerprint density at radius 3 is 2.45 bits per heavy atom. The molecule has 1 fully saturated rings. The number of carbonyl (C=O) groups excluding carboxylic acids is 2. The fraction of sp³-hybridized carbons (Fsp3) is 0.385.